The molecule has 2 nitrogen and oxygen atoms in total. The topological polar surface area (TPSA) is 29.1 Å². The summed E-state index contributed by atoms with van der Waals surface area (Å²) in [6.07, 6.45) is 5.08. The minimum absolute atomic E-state index is 0.0147. The molecule has 0 spiro atoms. The Morgan fingerprint density at radius 3 is 2.73 bits per heavy atom. The highest BCUT2D eigenvalue weighted by molar-refractivity contribution is 8.00. The van der Waals surface area contributed by atoms with E-state index < -0.39 is 0 Å². The molecule has 1 aromatic carbocycles. The zero-order valence-electron chi connectivity index (χ0n) is 8.62. The predicted octanol–water partition coefficient (Wildman–Crippen LogP) is 2.30. The molecule has 0 heterocycles. The number of aryl methyl sites for hydroxylation is 1. The van der Waals surface area contributed by atoms with Crippen LogP contribution in [0, 0.1) is 19.3 Å². The Balaban J connectivity index is 2.38. The molecule has 0 radical (unpaired) electrons. The van der Waals surface area contributed by atoms with E-state index in [1.165, 1.54) is 17.3 Å². The molecule has 0 saturated heterocycles. The van der Waals surface area contributed by atoms with Gasteiger partial charge < -0.3 is 5.32 Å². The Labute approximate surface area is 94.5 Å². The summed E-state index contributed by atoms with van der Waals surface area (Å²) >= 11 is 1.44. The number of benzene rings is 1. The Bertz CT molecular complexity index is 364. The van der Waals surface area contributed by atoms with E-state index in [4.69, 9.17) is 6.42 Å². The lowest BCUT2D eigenvalue weighted by Gasteiger charge is -2.04. The highest BCUT2D eigenvalue weighted by Crippen LogP contribution is 2.09. The molecule has 1 N–H and O–H groups in total. The van der Waals surface area contributed by atoms with Crippen LogP contribution in [-0.2, 0) is 4.79 Å². The standard InChI is InChI=1S/C12H13NOS/c1-3-8-15-9-12(14)13-11-6-4-10(2)5-7-11/h1,4-7H,8-9H2,2H3,(H,13,14). The van der Waals surface area contributed by atoms with Crippen LogP contribution in [0.2, 0.25) is 0 Å². The summed E-state index contributed by atoms with van der Waals surface area (Å²) in [5, 5.41) is 2.80. The molecule has 0 aliphatic carbocycles. The van der Waals surface area contributed by atoms with Crippen LogP contribution in [0.25, 0.3) is 0 Å². The first-order valence-corrected chi connectivity index (χ1v) is 5.75. The van der Waals surface area contributed by atoms with Crippen LogP contribution in [0.15, 0.2) is 24.3 Å². The highest BCUT2D eigenvalue weighted by Gasteiger charge is 2.01. The third kappa shape index (κ3) is 4.57. The molecule has 0 atom stereocenters. The maximum absolute atomic E-state index is 11.4. The lowest BCUT2D eigenvalue weighted by atomic mass is 10.2. The summed E-state index contributed by atoms with van der Waals surface area (Å²) in [5.41, 5.74) is 2.00. The van der Waals surface area contributed by atoms with Crippen molar-refractivity contribution in [3.05, 3.63) is 29.8 Å². The van der Waals surface area contributed by atoms with Gasteiger partial charge in [0.15, 0.2) is 0 Å². The van der Waals surface area contributed by atoms with Crippen molar-refractivity contribution in [3.8, 4) is 12.3 Å². The Morgan fingerprint density at radius 2 is 2.13 bits per heavy atom. The van der Waals surface area contributed by atoms with Crippen molar-refractivity contribution in [1.29, 1.82) is 0 Å². The van der Waals surface area contributed by atoms with Crippen LogP contribution < -0.4 is 5.32 Å². The maximum Gasteiger partial charge on any atom is 0.234 e. The van der Waals surface area contributed by atoms with E-state index in [0.717, 1.165) is 5.69 Å². The zero-order chi connectivity index (χ0) is 11.1. The number of hydrogen-bond acceptors (Lipinski definition) is 2. The van der Waals surface area contributed by atoms with E-state index in [0.29, 0.717) is 11.5 Å². The van der Waals surface area contributed by atoms with E-state index in [-0.39, 0.29) is 5.91 Å². The molecule has 1 aromatic rings. The monoisotopic (exact) mass is 219 g/mol. The van der Waals surface area contributed by atoms with Gasteiger partial charge >= 0.3 is 0 Å². The largest absolute Gasteiger partial charge is 0.325 e. The number of carbonyl (C=O) groups is 1. The molecule has 15 heavy (non-hydrogen) atoms. The van der Waals surface area contributed by atoms with Gasteiger partial charge in [-0.2, -0.15) is 0 Å². The molecule has 0 aromatic heterocycles. The summed E-state index contributed by atoms with van der Waals surface area (Å²) in [5.74, 6) is 3.43. The number of anilines is 1. The zero-order valence-corrected chi connectivity index (χ0v) is 9.43. The smallest absolute Gasteiger partial charge is 0.234 e. The number of thioether (sulfide) groups is 1. The fraction of sp³-hybridized carbons (Fsp3) is 0.250. The summed E-state index contributed by atoms with van der Waals surface area (Å²) < 4.78 is 0. The average Bonchev–Trinajstić information content (AvgIpc) is 2.22. The van der Waals surface area contributed by atoms with Crippen LogP contribution >= 0.6 is 11.8 Å². The molecule has 0 bridgehead atoms. The second-order valence-corrected chi connectivity index (χ2v) is 4.10. The third-order valence-electron chi connectivity index (χ3n) is 1.75. The number of nitrogens with one attached hydrogen (secondary N) is 1. The van der Waals surface area contributed by atoms with Gasteiger partial charge in [-0.25, -0.2) is 0 Å². The van der Waals surface area contributed by atoms with E-state index in [1.807, 2.05) is 31.2 Å². The molecular formula is C12H13NOS. The summed E-state index contributed by atoms with van der Waals surface area (Å²) in [7, 11) is 0. The molecule has 78 valence electrons. The van der Waals surface area contributed by atoms with Gasteiger partial charge in [0.05, 0.1) is 11.5 Å². The van der Waals surface area contributed by atoms with Crippen molar-refractivity contribution >= 4 is 23.4 Å². The molecule has 1 rings (SSSR count). The molecule has 0 aliphatic rings. The van der Waals surface area contributed by atoms with Gasteiger partial charge in [0.1, 0.15) is 0 Å². The number of terminal acetylenes is 1. The van der Waals surface area contributed by atoms with Gasteiger partial charge in [-0.1, -0.05) is 23.6 Å². The minimum atomic E-state index is -0.0147. The van der Waals surface area contributed by atoms with Crippen molar-refractivity contribution < 1.29 is 4.79 Å². The van der Waals surface area contributed by atoms with Gasteiger partial charge in [-0.15, -0.1) is 18.2 Å². The molecule has 0 aliphatic heterocycles. The number of carbonyl (C=O) groups excluding carboxylic acids is 1. The number of rotatable bonds is 4. The lowest BCUT2D eigenvalue weighted by Crippen LogP contribution is -2.14. The van der Waals surface area contributed by atoms with Gasteiger partial charge in [0, 0.05) is 5.69 Å². The fourth-order valence-electron chi connectivity index (χ4n) is 1.04. The third-order valence-corrected chi connectivity index (χ3v) is 2.59. The normalized spacial score (nSPS) is 9.33. The van der Waals surface area contributed by atoms with E-state index >= 15 is 0 Å². The predicted molar refractivity (Wildman–Crippen MR) is 66.0 cm³/mol. The fourth-order valence-corrected chi connectivity index (χ4v) is 1.51. The van der Waals surface area contributed by atoms with Crippen molar-refractivity contribution in [2.24, 2.45) is 0 Å². The molecule has 0 saturated carbocycles. The second-order valence-electron chi connectivity index (χ2n) is 3.11. The molecule has 0 fully saturated rings. The number of hydrogen-bond donors (Lipinski definition) is 1. The first-order valence-electron chi connectivity index (χ1n) is 4.60. The van der Waals surface area contributed by atoms with Crippen LogP contribution in [0.1, 0.15) is 5.56 Å². The summed E-state index contributed by atoms with van der Waals surface area (Å²) in [6.45, 7) is 2.01. The minimum Gasteiger partial charge on any atom is -0.325 e. The molecular weight excluding hydrogens is 206 g/mol. The first kappa shape index (κ1) is 11.7. The van der Waals surface area contributed by atoms with Gasteiger partial charge in [-0.05, 0) is 19.1 Å². The van der Waals surface area contributed by atoms with Crippen LogP contribution in [0.4, 0.5) is 5.69 Å². The summed E-state index contributed by atoms with van der Waals surface area (Å²) in [4.78, 5) is 11.4. The van der Waals surface area contributed by atoms with Gasteiger partial charge in [-0.3, -0.25) is 4.79 Å². The van der Waals surface area contributed by atoms with Gasteiger partial charge in [0.2, 0.25) is 5.91 Å². The van der Waals surface area contributed by atoms with Crippen molar-refractivity contribution in [2.75, 3.05) is 16.8 Å². The quantitative estimate of drug-likeness (QED) is 0.622. The summed E-state index contributed by atoms with van der Waals surface area (Å²) in [6, 6.07) is 7.70. The molecule has 1 amide bonds. The Morgan fingerprint density at radius 1 is 1.47 bits per heavy atom. The number of amides is 1. The molecule has 3 heteroatoms. The molecule has 0 unspecified atom stereocenters. The average molecular weight is 219 g/mol. The van der Waals surface area contributed by atoms with Crippen LogP contribution in [0.5, 0.6) is 0 Å². The SMILES string of the molecule is C#CCSCC(=O)Nc1ccc(C)cc1. The highest BCUT2D eigenvalue weighted by atomic mass is 32.2. The second kappa shape index (κ2) is 6.15. The van der Waals surface area contributed by atoms with E-state index in [9.17, 15) is 4.79 Å². The van der Waals surface area contributed by atoms with Crippen molar-refractivity contribution in [3.63, 3.8) is 0 Å². The van der Waals surface area contributed by atoms with Crippen LogP contribution in [-0.4, -0.2) is 17.4 Å². The van der Waals surface area contributed by atoms with Crippen molar-refractivity contribution in [2.45, 2.75) is 6.92 Å². The maximum atomic E-state index is 11.4. The Hall–Kier alpha value is -1.40. The van der Waals surface area contributed by atoms with Crippen molar-refractivity contribution in [1.82, 2.24) is 0 Å². The lowest BCUT2D eigenvalue weighted by molar-refractivity contribution is -0.113. The van der Waals surface area contributed by atoms with E-state index in [2.05, 4.69) is 11.2 Å². The Kier molecular flexibility index (Phi) is 4.79. The van der Waals surface area contributed by atoms with E-state index in [1.54, 1.807) is 0 Å². The first-order chi connectivity index (χ1) is 7.22. The van der Waals surface area contributed by atoms with Gasteiger partial charge in [0.25, 0.3) is 0 Å². The van der Waals surface area contributed by atoms with Crippen LogP contribution in [0.3, 0.4) is 0 Å².